The first kappa shape index (κ1) is 18.7. The third kappa shape index (κ3) is 4.93. The Balaban J connectivity index is 2.16. The van der Waals surface area contributed by atoms with E-state index in [1.807, 2.05) is 38.1 Å². The van der Waals surface area contributed by atoms with Crippen molar-refractivity contribution in [1.82, 2.24) is 4.98 Å². The molecule has 7 heteroatoms. The first-order valence-electron chi connectivity index (χ1n) is 7.98. The number of hydrogen-bond acceptors (Lipinski definition) is 4. The number of para-hydroxylation sites is 1. The highest BCUT2D eigenvalue weighted by atomic mass is 35.5. The monoisotopic (exact) mass is 360 g/mol. The molecule has 1 aromatic heterocycles. The molecule has 0 aliphatic rings. The zero-order valence-corrected chi connectivity index (χ0v) is 15.0. The van der Waals surface area contributed by atoms with Crippen LogP contribution in [-0.4, -0.2) is 29.9 Å². The number of aryl methyl sites for hydroxylation is 1. The van der Waals surface area contributed by atoms with Gasteiger partial charge in [0.05, 0.1) is 17.1 Å². The van der Waals surface area contributed by atoms with E-state index in [0.29, 0.717) is 12.4 Å². The van der Waals surface area contributed by atoms with E-state index >= 15 is 0 Å². The van der Waals surface area contributed by atoms with Crippen LogP contribution in [0.25, 0.3) is 0 Å². The van der Waals surface area contributed by atoms with Crippen LogP contribution in [0.2, 0.25) is 5.02 Å². The fourth-order valence-corrected chi connectivity index (χ4v) is 2.69. The first-order valence-corrected chi connectivity index (χ1v) is 8.36. The molecule has 0 atom stereocenters. The van der Waals surface area contributed by atoms with Gasteiger partial charge in [-0.15, -0.1) is 0 Å². The molecule has 6 nitrogen and oxygen atoms in total. The summed E-state index contributed by atoms with van der Waals surface area (Å²) in [5, 5.41) is 3.18. The Hall–Kier alpha value is -2.60. The predicted octanol–water partition coefficient (Wildman–Crippen LogP) is 3.00. The Morgan fingerprint density at radius 1 is 1.32 bits per heavy atom. The fourth-order valence-electron chi connectivity index (χ4n) is 2.40. The van der Waals surface area contributed by atoms with Gasteiger partial charge in [-0.3, -0.25) is 9.59 Å². The van der Waals surface area contributed by atoms with Gasteiger partial charge in [0.25, 0.3) is 0 Å². The molecule has 0 aliphatic carbocycles. The van der Waals surface area contributed by atoms with Crippen LogP contribution in [0.1, 0.15) is 29.3 Å². The van der Waals surface area contributed by atoms with Gasteiger partial charge in [-0.2, -0.15) is 0 Å². The minimum Gasteiger partial charge on any atom is -0.366 e. The Morgan fingerprint density at radius 3 is 2.64 bits per heavy atom. The standard InChI is InChI=1S/C18H21ClN4O2/c1-3-8-23(18-14(19)9-13(10-21-18)17(20)25)11-16(24)22-15-7-5-4-6-12(15)2/h4-7,9-10H,3,8,11H2,1-2H3,(H2,20,25)(H,22,24). The van der Waals surface area contributed by atoms with Crippen LogP contribution in [0.3, 0.4) is 0 Å². The predicted molar refractivity (Wildman–Crippen MR) is 100 cm³/mol. The maximum Gasteiger partial charge on any atom is 0.250 e. The molecule has 25 heavy (non-hydrogen) atoms. The lowest BCUT2D eigenvalue weighted by Gasteiger charge is -2.24. The van der Waals surface area contributed by atoms with Gasteiger partial charge in [-0.1, -0.05) is 36.7 Å². The van der Waals surface area contributed by atoms with Gasteiger partial charge < -0.3 is 16.0 Å². The SMILES string of the molecule is CCCN(CC(=O)Nc1ccccc1C)c1ncc(C(N)=O)cc1Cl. The Morgan fingerprint density at radius 2 is 2.04 bits per heavy atom. The van der Waals surface area contributed by atoms with Gasteiger partial charge in [0.15, 0.2) is 0 Å². The Kier molecular flexibility index (Phi) is 6.36. The fraction of sp³-hybridized carbons (Fsp3) is 0.278. The van der Waals surface area contributed by atoms with Crippen molar-refractivity contribution in [2.75, 3.05) is 23.3 Å². The lowest BCUT2D eigenvalue weighted by atomic mass is 10.2. The molecule has 1 heterocycles. The maximum atomic E-state index is 12.4. The molecular weight excluding hydrogens is 340 g/mol. The third-order valence-corrected chi connectivity index (χ3v) is 3.93. The number of carbonyl (C=O) groups excluding carboxylic acids is 2. The summed E-state index contributed by atoms with van der Waals surface area (Å²) in [6.07, 6.45) is 2.18. The molecule has 2 rings (SSSR count). The van der Waals surface area contributed by atoms with Gasteiger partial charge >= 0.3 is 0 Å². The van der Waals surface area contributed by atoms with E-state index < -0.39 is 5.91 Å². The topological polar surface area (TPSA) is 88.3 Å². The van der Waals surface area contributed by atoms with E-state index in [2.05, 4.69) is 10.3 Å². The highest BCUT2D eigenvalue weighted by Crippen LogP contribution is 2.24. The summed E-state index contributed by atoms with van der Waals surface area (Å²) in [6, 6.07) is 9.03. The average molecular weight is 361 g/mol. The maximum absolute atomic E-state index is 12.4. The third-order valence-electron chi connectivity index (χ3n) is 3.65. The van der Waals surface area contributed by atoms with Crippen molar-refractivity contribution in [2.45, 2.75) is 20.3 Å². The summed E-state index contributed by atoms with van der Waals surface area (Å²) in [6.45, 7) is 4.63. The van der Waals surface area contributed by atoms with Crippen LogP contribution in [0.15, 0.2) is 36.5 Å². The summed E-state index contributed by atoms with van der Waals surface area (Å²) in [4.78, 5) is 29.6. The van der Waals surface area contributed by atoms with E-state index in [0.717, 1.165) is 17.7 Å². The smallest absolute Gasteiger partial charge is 0.250 e. The molecule has 132 valence electrons. The molecule has 0 saturated heterocycles. The lowest BCUT2D eigenvalue weighted by molar-refractivity contribution is -0.115. The molecule has 0 bridgehead atoms. The number of carbonyl (C=O) groups is 2. The average Bonchev–Trinajstić information content (AvgIpc) is 2.56. The number of nitrogens with two attached hydrogens (primary N) is 1. The largest absolute Gasteiger partial charge is 0.366 e. The summed E-state index contributed by atoms with van der Waals surface area (Å²) in [5.74, 6) is -0.312. The second-order valence-electron chi connectivity index (χ2n) is 5.68. The second kappa shape index (κ2) is 8.48. The van der Waals surface area contributed by atoms with Crippen LogP contribution < -0.4 is 16.0 Å². The highest BCUT2D eigenvalue weighted by molar-refractivity contribution is 6.33. The first-order chi connectivity index (χ1) is 11.9. The number of nitrogens with one attached hydrogen (secondary N) is 1. The quantitative estimate of drug-likeness (QED) is 0.794. The minimum absolute atomic E-state index is 0.102. The molecule has 0 radical (unpaired) electrons. The molecule has 0 saturated carbocycles. The van der Waals surface area contributed by atoms with Gasteiger partial charge in [0.2, 0.25) is 11.8 Å². The number of hydrogen-bond donors (Lipinski definition) is 2. The number of rotatable bonds is 7. The van der Waals surface area contributed by atoms with Crippen molar-refractivity contribution in [1.29, 1.82) is 0 Å². The van der Waals surface area contributed by atoms with Gasteiger partial charge in [0, 0.05) is 18.4 Å². The van der Waals surface area contributed by atoms with Crippen LogP contribution in [-0.2, 0) is 4.79 Å². The zero-order chi connectivity index (χ0) is 18.4. The van der Waals surface area contributed by atoms with Gasteiger partial charge in [-0.05, 0) is 31.0 Å². The molecule has 2 amide bonds. The summed E-state index contributed by atoms with van der Waals surface area (Å²) in [5.41, 5.74) is 7.22. The number of halogens is 1. The molecule has 0 spiro atoms. The Labute approximate surface area is 152 Å². The van der Waals surface area contributed by atoms with E-state index in [9.17, 15) is 9.59 Å². The van der Waals surface area contributed by atoms with E-state index in [1.165, 1.54) is 12.3 Å². The van der Waals surface area contributed by atoms with Crippen molar-refractivity contribution >= 4 is 34.9 Å². The molecule has 0 fully saturated rings. The summed E-state index contributed by atoms with van der Waals surface area (Å²) in [7, 11) is 0. The van der Waals surface area contributed by atoms with E-state index in [-0.39, 0.29) is 23.0 Å². The van der Waals surface area contributed by atoms with Crippen LogP contribution in [0.4, 0.5) is 11.5 Å². The lowest BCUT2D eigenvalue weighted by Crippen LogP contribution is -2.35. The van der Waals surface area contributed by atoms with Crippen LogP contribution >= 0.6 is 11.6 Å². The summed E-state index contributed by atoms with van der Waals surface area (Å²) < 4.78 is 0. The van der Waals surface area contributed by atoms with Crippen molar-refractivity contribution in [3.8, 4) is 0 Å². The van der Waals surface area contributed by atoms with Crippen molar-refractivity contribution in [3.63, 3.8) is 0 Å². The number of benzene rings is 1. The molecule has 1 aromatic carbocycles. The molecular formula is C18H21ClN4O2. The van der Waals surface area contributed by atoms with Gasteiger partial charge in [0.1, 0.15) is 5.82 Å². The molecule has 2 aromatic rings. The van der Waals surface area contributed by atoms with E-state index in [4.69, 9.17) is 17.3 Å². The highest BCUT2D eigenvalue weighted by Gasteiger charge is 2.17. The number of primary amides is 1. The second-order valence-corrected chi connectivity index (χ2v) is 6.09. The van der Waals surface area contributed by atoms with Gasteiger partial charge in [-0.25, -0.2) is 4.98 Å². The Bertz CT molecular complexity index is 779. The van der Waals surface area contributed by atoms with Crippen molar-refractivity contribution in [3.05, 3.63) is 52.7 Å². The molecule has 3 N–H and O–H groups in total. The van der Waals surface area contributed by atoms with E-state index in [1.54, 1.807) is 4.90 Å². The van der Waals surface area contributed by atoms with Crippen LogP contribution in [0.5, 0.6) is 0 Å². The number of anilines is 2. The minimum atomic E-state index is -0.597. The number of amides is 2. The normalized spacial score (nSPS) is 10.4. The summed E-state index contributed by atoms with van der Waals surface area (Å²) >= 11 is 6.23. The van der Waals surface area contributed by atoms with Crippen molar-refractivity contribution < 1.29 is 9.59 Å². The van der Waals surface area contributed by atoms with Crippen molar-refractivity contribution in [2.24, 2.45) is 5.73 Å². The molecule has 0 unspecified atom stereocenters. The zero-order valence-electron chi connectivity index (χ0n) is 14.3. The number of pyridine rings is 1. The number of aromatic nitrogens is 1. The van der Waals surface area contributed by atoms with Crippen LogP contribution in [0, 0.1) is 6.92 Å². The molecule has 0 aliphatic heterocycles. The number of nitrogens with zero attached hydrogens (tertiary/aromatic N) is 2.